The van der Waals surface area contributed by atoms with Gasteiger partial charge in [-0.25, -0.2) is 0 Å². The van der Waals surface area contributed by atoms with Crippen LogP contribution in [0.3, 0.4) is 0 Å². The molecule has 0 amide bonds. The molecule has 0 bridgehead atoms. The first kappa shape index (κ1) is 8.27. The van der Waals surface area contributed by atoms with Gasteiger partial charge in [0.15, 0.2) is 0 Å². The summed E-state index contributed by atoms with van der Waals surface area (Å²) in [6.07, 6.45) is 3.60. The molecule has 2 unspecified atom stereocenters. The van der Waals surface area contributed by atoms with Gasteiger partial charge in [-0.15, -0.1) is 0 Å². The summed E-state index contributed by atoms with van der Waals surface area (Å²) in [5.41, 5.74) is 7.78. The maximum Gasteiger partial charge on any atom is 0.00475 e. The van der Waals surface area contributed by atoms with Gasteiger partial charge in [0.05, 0.1) is 0 Å². The number of nitrogens with two attached hydrogens (primary N) is 1. The SMILES string of the molecule is CC1(c2ccsc2)CCC(N)C1. The highest BCUT2D eigenvalue weighted by Crippen LogP contribution is 2.40. The van der Waals surface area contributed by atoms with Crippen molar-refractivity contribution in [3.8, 4) is 0 Å². The highest BCUT2D eigenvalue weighted by molar-refractivity contribution is 7.08. The van der Waals surface area contributed by atoms with Crippen LogP contribution in [0.1, 0.15) is 31.7 Å². The van der Waals surface area contributed by atoms with Crippen molar-refractivity contribution in [2.24, 2.45) is 5.73 Å². The molecule has 1 aromatic rings. The second kappa shape index (κ2) is 2.86. The molecule has 1 saturated carbocycles. The maximum atomic E-state index is 5.92. The summed E-state index contributed by atoms with van der Waals surface area (Å²) in [4.78, 5) is 0. The zero-order chi connectivity index (χ0) is 8.60. The van der Waals surface area contributed by atoms with E-state index in [1.165, 1.54) is 18.4 Å². The van der Waals surface area contributed by atoms with E-state index in [0.717, 1.165) is 6.42 Å². The molecule has 1 fully saturated rings. The van der Waals surface area contributed by atoms with Crippen molar-refractivity contribution in [3.63, 3.8) is 0 Å². The topological polar surface area (TPSA) is 26.0 Å². The first-order chi connectivity index (χ1) is 5.71. The summed E-state index contributed by atoms with van der Waals surface area (Å²) >= 11 is 1.79. The Balaban J connectivity index is 2.23. The normalized spacial score (nSPS) is 35.7. The van der Waals surface area contributed by atoms with Gasteiger partial charge < -0.3 is 5.73 Å². The minimum absolute atomic E-state index is 0.374. The Morgan fingerprint density at radius 2 is 2.50 bits per heavy atom. The molecule has 0 radical (unpaired) electrons. The Kier molecular flexibility index (Phi) is 1.97. The van der Waals surface area contributed by atoms with Crippen molar-refractivity contribution < 1.29 is 0 Å². The lowest BCUT2D eigenvalue weighted by Crippen LogP contribution is -2.21. The van der Waals surface area contributed by atoms with Gasteiger partial charge in [0.2, 0.25) is 0 Å². The van der Waals surface area contributed by atoms with E-state index in [1.807, 2.05) is 0 Å². The average Bonchev–Trinajstić information content (AvgIpc) is 2.59. The van der Waals surface area contributed by atoms with Crippen LogP contribution in [-0.4, -0.2) is 6.04 Å². The molecule has 66 valence electrons. The van der Waals surface area contributed by atoms with Gasteiger partial charge in [0, 0.05) is 6.04 Å². The van der Waals surface area contributed by atoms with E-state index in [9.17, 15) is 0 Å². The molecular formula is C10H15NS. The zero-order valence-electron chi connectivity index (χ0n) is 7.42. The van der Waals surface area contributed by atoms with Crippen molar-refractivity contribution in [1.82, 2.24) is 0 Å². The second-order valence-corrected chi connectivity index (χ2v) is 4.86. The summed E-state index contributed by atoms with van der Waals surface area (Å²) < 4.78 is 0. The molecule has 12 heavy (non-hydrogen) atoms. The van der Waals surface area contributed by atoms with Crippen molar-refractivity contribution in [3.05, 3.63) is 22.4 Å². The summed E-state index contributed by atoms with van der Waals surface area (Å²) in [5, 5.41) is 4.42. The van der Waals surface area contributed by atoms with Crippen LogP contribution in [-0.2, 0) is 5.41 Å². The smallest absolute Gasteiger partial charge is 0.00475 e. The van der Waals surface area contributed by atoms with Crippen molar-refractivity contribution >= 4 is 11.3 Å². The van der Waals surface area contributed by atoms with E-state index in [4.69, 9.17) is 5.73 Å². The molecule has 2 atom stereocenters. The maximum absolute atomic E-state index is 5.92. The largest absolute Gasteiger partial charge is 0.328 e. The summed E-state index contributed by atoms with van der Waals surface area (Å²) in [6, 6.07) is 2.66. The summed E-state index contributed by atoms with van der Waals surface area (Å²) in [6.45, 7) is 2.34. The molecular weight excluding hydrogens is 166 g/mol. The van der Waals surface area contributed by atoms with Gasteiger partial charge in [0.1, 0.15) is 0 Å². The van der Waals surface area contributed by atoms with Gasteiger partial charge in [-0.3, -0.25) is 0 Å². The molecule has 1 aliphatic carbocycles. The Bertz CT molecular complexity index is 255. The number of hydrogen-bond acceptors (Lipinski definition) is 2. The van der Waals surface area contributed by atoms with Crippen LogP contribution >= 0.6 is 11.3 Å². The van der Waals surface area contributed by atoms with Crippen LogP contribution in [0.25, 0.3) is 0 Å². The summed E-state index contributed by atoms with van der Waals surface area (Å²) in [7, 11) is 0. The predicted octanol–water partition coefficient (Wildman–Crippen LogP) is 2.52. The molecule has 0 spiro atoms. The first-order valence-electron chi connectivity index (χ1n) is 4.49. The monoisotopic (exact) mass is 181 g/mol. The molecule has 1 aromatic heterocycles. The summed E-state index contributed by atoms with van der Waals surface area (Å²) in [5.74, 6) is 0. The van der Waals surface area contributed by atoms with E-state index in [1.54, 1.807) is 11.3 Å². The number of rotatable bonds is 1. The van der Waals surface area contributed by atoms with E-state index in [2.05, 4.69) is 23.8 Å². The number of thiophene rings is 1. The molecule has 0 saturated heterocycles. The van der Waals surface area contributed by atoms with Crippen LogP contribution in [0.5, 0.6) is 0 Å². The van der Waals surface area contributed by atoms with Gasteiger partial charge in [0.25, 0.3) is 0 Å². The van der Waals surface area contributed by atoms with Crippen LogP contribution in [0.4, 0.5) is 0 Å². The van der Waals surface area contributed by atoms with Crippen molar-refractivity contribution in [2.45, 2.75) is 37.6 Å². The van der Waals surface area contributed by atoms with Gasteiger partial charge in [-0.1, -0.05) is 6.92 Å². The van der Waals surface area contributed by atoms with E-state index >= 15 is 0 Å². The van der Waals surface area contributed by atoms with Gasteiger partial charge >= 0.3 is 0 Å². The average molecular weight is 181 g/mol. The van der Waals surface area contributed by atoms with Gasteiger partial charge in [-0.05, 0) is 47.1 Å². The molecule has 0 aromatic carbocycles. The van der Waals surface area contributed by atoms with E-state index in [0.29, 0.717) is 11.5 Å². The third kappa shape index (κ3) is 1.29. The minimum atomic E-state index is 0.374. The third-order valence-electron chi connectivity index (χ3n) is 3.00. The zero-order valence-corrected chi connectivity index (χ0v) is 8.23. The molecule has 1 heterocycles. The standard InChI is InChI=1S/C10H15NS/c1-10(4-2-9(11)6-10)8-3-5-12-7-8/h3,5,7,9H,2,4,6,11H2,1H3. The fourth-order valence-corrected chi connectivity index (χ4v) is 2.97. The Morgan fingerprint density at radius 1 is 1.67 bits per heavy atom. The molecule has 2 heteroatoms. The molecule has 2 rings (SSSR count). The third-order valence-corrected chi connectivity index (χ3v) is 3.68. The van der Waals surface area contributed by atoms with Gasteiger partial charge in [-0.2, -0.15) is 11.3 Å². The Morgan fingerprint density at radius 3 is 3.00 bits per heavy atom. The highest BCUT2D eigenvalue weighted by Gasteiger charge is 2.34. The van der Waals surface area contributed by atoms with Crippen molar-refractivity contribution in [1.29, 1.82) is 0 Å². The van der Waals surface area contributed by atoms with Crippen LogP contribution in [0, 0.1) is 0 Å². The van der Waals surface area contributed by atoms with Crippen molar-refractivity contribution in [2.75, 3.05) is 0 Å². The van der Waals surface area contributed by atoms with Crippen LogP contribution < -0.4 is 5.73 Å². The first-order valence-corrected chi connectivity index (χ1v) is 5.43. The molecule has 1 nitrogen and oxygen atoms in total. The van der Waals surface area contributed by atoms with E-state index in [-0.39, 0.29) is 0 Å². The minimum Gasteiger partial charge on any atom is -0.328 e. The lowest BCUT2D eigenvalue weighted by molar-refractivity contribution is 0.484. The number of hydrogen-bond donors (Lipinski definition) is 1. The molecule has 1 aliphatic rings. The second-order valence-electron chi connectivity index (χ2n) is 4.08. The quantitative estimate of drug-likeness (QED) is 0.708. The molecule has 0 aliphatic heterocycles. The van der Waals surface area contributed by atoms with Crippen LogP contribution in [0.15, 0.2) is 16.8 Å². The molecule has 2 N–H and O–H groups in total. The van der Waals surface area contributed by atoms with E-state index < -0.39 is 0 Å². The highest BCUT2D eigenvalue weighted by atomic mass is 32.1. The Labute approximate surface area is 77.6 Å². The Hall–Kier alpha value is -0.340. The van der Waals surface area contributed by atoms with Crippen LogP contribution in [0.2, 0.25) is 0 Å². The lowest BCUT2D eigenvalue weighted by Gasteiger charge is -2.22. The lowest BCUT2D eigenvalue weighted by atomic mass is 9.82. The fraction of sp³-hybridized carbons (Fsp3) is 0.600. The fourth-order valence-electron chi connectivity index (χ4n) is 2.16. The predicted molar refractivity (Wildman–Crippen MR) is 53.5 cm³/mol.